The lowest BCUT2D eigenvalue weighted by Gasteiger charge is -2.07. The highest BCUT2D eigenvalue weighted by molar-refractivity contribution is 7.19. The second kappa shape index (κ2) is 7.36. The van der Waals surface area contributed by atoms with Crippen LogP contribution in [0, 0.1) is 13.8 Å². The van der Waals surface area contributed by atoms with Gasteiger partial charge in [0.05, 0.1) is 27.8 Å². The van der Waals surface area contributed by atoms with Crippen LogP contribution >= 0.6 is 11.3 Å². The number of anilines is 1. The number of fused-ring (bicyclic) bond motifs is 1. The largest absolute Gasteiger partial charge is 0.300 e. The monoisotopic (exact) mass is 390 g/mol. The predicted molar refractivity (Wildman–Crippen MR) is 112 cm³/mol. The number of thiazole rings is 1. The molecule has 0 saturated carbocycles. The van der Waals surface area contributed by atoms with Gasteiger partial charge in [0.15, 0.2) is 5.13 Å². The van der Waals surface area contributed by atoms with E-state index < -0.39 is 0 Å². The van der Waals surface area contributed by atoms with E-state index in [0.717, 1.165) is 21.7 Å². The Morgan fingerprint density at radius 2 is 1.89 bits per heavy atom. The van der Waals surface area contributed by atoms with Crippen LogP contribution in [0.3, 0.4) is 0 Å². The fourth-order valence-electron chi connectivity index (χ4n) is 3.07. The molecule has 2 aromatic heterocycles. The average molecular weight is 390 g/mol. The summed E-state index contributed by atoms with van der Waals surface area (Å²) in [5.74, 6) is -0.315. The molecule has 1 N–H and O–H groups in total. The summed E-state index contributed by atoms with van der Waals surface area (Å²) in [6.07, 6.45) is 1.42. The summed E-state index contributed by atoms with van der Waals surface area (Å²) in [4.78, 5) is 34.9. The molecule has 0 atom stereocenters. The number of aryl methyl sites for hydroxylation is 2. The fraction of sp³-hybridized carbons (Fsp3) is 0.143. The minimum Gasteiger partial charge on any atom is -0.300 e. The van der Waals surface area contributed by atoms with Crippen molar-refractivity contribution >= 4 is 33.3 Å². The second-order valence-electron chi connectivity index (χ2n) is 6.50. The van der Waals surface area contributed by atoms with Gasteiger partial charge in [0.1, 0.15) is 6.54 Å². The zero-order chi connectivity index (χ0) is 19.7. The molecule has 0 aliphatic rings. The summed E-state index contributed by atoms with van der Waals surface area (Å²) >= 11 is 1.41. The quantitative estimate of drug-likeness (QED) is 0.575. The highest BCUT2D eigenvalue weighted by Crippen LogP contribution is 2.32. The van der Waals surface area contributed by atoms with Crippen LogP contribution in [0.25, 0.3) is 21.3 Å². The third-order valence-corrected chi connectivity index (χ3v) is 5.57. The van der Waals surface area contributed by atoms with E-state index in [9.17, 15) is 9.59 Å². The molecule has 0 spiro atoms. The number of carbonyl (C=O) groups excluding carboxylic acids is 1. The number of para-hydroxylation sites is 1. The van der Waals surface area contributed by atoms with Gasteiger partial charge >= 0.3 is 0 Å². The van der Waals surface area contributed by atoms with Gasteiger partial charge in [-0.3, -0.25) is 14.2 Å². The Bertz CT molecular complexity index is 1230. The molecule has 4 aromatic rings. The van der Waals surface area contributed by atoms with E-state index in [1.165, 1.54) is 22.2 Å². The van der Waals surface area contributed by atoms with Gasteiger partial charge in [-0.05, 0) is 31.0 Å². The number of hydrogen-bond acceptors (Lipinski definition) is 5. The number of rotatable bonds is 4. The molecule has 6 nitrogen and oxygen atoms in total. The van der Waals surface area contributed by atoms with Gasteiger partial charge in [0.2, 0.25) is 5.91 Å². The van der Waals surface area contributed by atoms with E-state index in [4.69, 9.17) is 0 Å². The Hall–Kier alpha value is -3.32. The van der Waals surface area contributed by atoms with Gasteiger partial charge in [-0.25, -0.2) is 9.97 Å². The SMILES string of the molecule is Cc1nc(NC(=O)Cn2cnc3c(C)cccc3c2=O)sc1-c1ccccc1. The standard InChI is InChI=1S/C21H18N4O2S/c1-13-7-6-10-16-18(13)22-12-25(20(16)27)11-17(26)24-21-23-14(2)19(28-21)15-8-4-3-5-9-15/h3-10,12H,11H2,1-2H3,(H,23,24,26). The van der Waals surface area contributed by atoms with Gasteiger partial charge in [-0.2, -0.15) is 0 Å². The van der Waals surface area contributed by atoms with Crippen molar-refractivity contribution in [1.29, 1.82) is 0 Å². The van der Waals surface area contributed by atoms with Gasteiger partial charge in [-0.15, -0.1) is 0 Å². The van der Waals surface area contributed by atoms with E-state index in [0.29, 0.717) is 16.0 Å². The Morgan fingerprint density at radius 3 is 2.68 bits per heavy atom. The number of hydrogen-bond donors (Lipinski definition) is 1. The maximum Gasteiger partial charge on any atom is 0.261 e. The summed E-state index contributed by atoms with van der Waals surface area (Å²) < 4.78 is 1.32. The van der Waals surface area contributed by atoms with E-state index in [2.05, 4.69) is 15.3 Å². The molecule has 0 radical (unpaired) electrons. The first-order valence-corrected chi connectivity index (χ1v) is 9.62. The van der Waals surface area contributed by atoms with Crippen molar-refractivity contribution in [3.05, 3.63) is 76.5 Å². The molecular formula is C21H18N4O2S. The molecule has 0 fully saturated rings. The summed E-state index contributed by atoms with van der Waals surface area (Å²) in [5, 5.41) is 3.81. The summed E-state index contributed by atoms with van der Waals surface area (Å²) in [7, 11) is 0. The van der Waals surface area contributed by atoms with E-state index >= 15 is 0 Å². The van der Waals surface area contributed by atoms with Crippen LogP contribution < -0.4 is 10.9 Å². The highest BCUT2D eigenvalue weighted by atomic mass is 32.1. The van der Waals surface area contributed by atoms with Crippen LogP contribution in [0.4, 0.5) is 5.13 Å². The van der Waals surface area contributed by atoms with Crippen LogP contribution in [-0.2, 0) is 11.3 Å². The predicted octanol–water partition coefficient (Wildman–Crippen LogP) is 3.78. The number of benzene rings is 2. The molecule has 0 saturated heterocycles. The maximum absolute atomic E-state index is 12.6. The Balaban J connectivity index is 1.55. The van der Waals surface area contributed by atoms with Gasteiger partial charge in [0.25, 0.3) is 5.56 Å². The average Bonchev–Trinajstić information content (AvgIpc) is 3.05. The lowest BCUT2D eigenvalue weighted by atomic mass is 10.1. The molecule has 4 rings (SSSR count). The first kappa shape index (κ1) is 18.1. The zero-order valence-corrected chi connectivity index (χ0v) is 16.3. The van der Waals surface area contributed by atoms with Crippen molar-refractivity contribution < 1.29 is 4.79 Å². The van der Waals surface area contributed by atoms with Crippen molar-refractivity contribution in [2.24, 2.45) is 0 Å². The summed E-state index contributed by atoms with van der Waals surface area (Å²) in [5.41, 5.74) is 3.27. The number of carbonyl (C=O) groups is 1. The zero-order valence-electron chi connectivity index (χ0n) is 15.5. The highest BCUT2D eigenvalue weighted by Gasteiger charge is 2.13. The number of nitrogens with one attached hydrogen (secondary N) is 1. The molecule has 0 unspecified atom stereocenters. The van der Waals surface area contributed by atoms with E-state index in [1.54, 1.807) is 6.07 Å². The molecular weight excluding hydrogens is 372 g/mol. The Labute approximate surface area is 165 Å². The van der Waals surface area contributed by atoms with Crippen molar-refractivity contribution in [3.63, 3.8) is 0 Å². The Kier molecular flexibility index (Phi) is 4.75. The summed E-state index contributed by atoms with van der Waals surface area (Å²) in [6.45, 7) is 3.70. The molecule has 2 aromatic carbocycles. The molecule has 140 valence electrons. The minimum absolute atomic E-state index is 0.116. The van der Waals surface area contributed by atoms with Crippen LogP contribution in [0.15, 0.2) is 59.7 Å². The number of nitrogens with zero attached hydrogens (tertiary/aromatic N) is 3. The minimum atomic E-state index is -0.315. The van der Waals surface area contributed by atoms with Crippen LogP contribution in [0.1, 0.15) is 11.3 Å². The first-order chi connectivity index (χ1) is 13.5. The van der Waals surface area contributed by atoms with Gasteiger partial charge in [-0.1, -0.05) is 53.8 Å². The second-order valence-corrected chi connectivity index (χ2v) is 7.50. The lowest BCUT2D eigenvalue weighted by Crippen LogP contribution is -2.28. The third kappa shape index (κ3) is 3.44. The number of aromatic nitrogens is 3. The van der Waals surface area contributed by atoms with Crippen LogP contribution in [0.2, 0.25) is 0 Å². The van der Waals surface area contributed by atoms with E-state index in [-0.39, 0.29) is 18.0 Å². The first-order valence-electron chi connectivity index (χ1n) is 8.80. The van der Waals surface area contributed by atoms with E-state index in [1.807, 2.05) is 56.3 Å². The molecule has 28 heavy (non-hydrogen) atoms. The summed E-state index contributed by atoms with van der Waals surface area (Å²) in [6, 6.07) is 15.3. The molecule has 1 amide bonds. The normalized spacial score (nSPS) is 10.9. The van der Waals surface area contributed by atoms with Crippen LogP contribution in [-0.4, -0.2) is 20.4 Å². The van der Waals surface area contributed by atoms with Crippen molar-refractivity contribution in [3.8, 4) is 10.4 Å². The van der Waals surface area contributed by atoms with Crippen molar-refractivity contribution in [2.75, 3.05) is 5.32 Å². The van der Waals surface area contributed by atoms with Gasteiger partial charge in [0, 0.05) is 0 Å². The molecule has 0 aliphatic carbocycles. The molecule has 0 aliphatic heterocycles. The lowest BCUT2D eigenvalue weighted by molar-refractivity contribution is -0.116. The number of amides is 1. The molecule has 0 bridgehead atoms. The van der Waals surface area contributed by atoms with Crippen molar-refractivity contribution in [1.82, 2.24) is 14.5 Å². The smallest absolute Gasteiger partial charge is 0.261 e. The molecule has 2 heterocycles. The Morgan fingerprint density at radius 1 is 1.11 bits per heavy atom. The third-order valence-electron chi connectivity index (χ3n) is 4.45. The van der Waals surface area contributed by atoms with Crippen molar-refractivity contribution in [2.45, 2.75) is 20.4 Å². The topological polar surface area (TPSA) is 76.9 Å². The molecule has 7 heteroatoms. The maximum atomic E-state index is 12.6. The fourth-order valence-corrected chi connectivity index (χ4v) is 4.06. The van der Waals surface area contributed by atoms with Gasteiger partial charge < -0.3 is 5.32 Å². The van der Waals surface area contributed by atoms with Crippen LogP contribution in [0.5, 0.6) is 0 Å².